The van der Waals surface area contributed by atoms with Gasteiger partial charge in [-0.1, -0.05) is 6.07 Å². The number of nitriles is 2. The molecular formula is C15H15N3O3. The van der Waals surface area contributed by atoms with Crippen molar-refractivity contribution >= 4 is 11.9 Å². The molecule has 0 unspecified atom stereocenters. The number of ether oxygens (including phenoxy) is 1. The molecule has 6 heteroatoms. The minimum Gasteiger partial charge on any atom is -0.449 e. The predicted molar refractivity (Wildman–Crippen MR) is 73.9 cm³/mol. The molecule has 6 nitrogen and oxygen atoms in total. The summed E-state index contributed by atoms with van der Waals surface area (Å²) in [5.74, 6) is -1.04. The lowest BCUT2D eigenvalue weighted by atomic mass is 10.1. The van der Waals surface area contributed by atoms with Crippen molar-refractivity contribution in [3.05, 3.63) is 35.4 Å². The molecule has 0 spiro atoms. The average Bonchev–Trinajstić information content (AvgIpc) is 2.51. The Bertz CT molecular complexity index is 613. The number of benzene rings is 1. The molecule has 108 valence electrons. The van der Waals surface area contributed by atoms with Crippen LogP contribution in [0.15, 0.2) is 24.3 Å². The Morgan fingerprint density at radius 2 is 2.10 bits per heavy atom. The van der Waals surface area contributed by atoms with E-state index >= 15 is 0 Å². The number of amides is 1. The molecule has 1 aromatic carbocycles. The van der Waals surface area contributed by atoms with Crippen molar-refractivity contribution in [2.75, 3.05) is 13.6 Å². The van der Waals surface area contributed by atoms with Crippen molar-refractivity contribution in [1.29, 1.82) is 10.5 Å². The second-order valence-electron chi connectivity index (χ2n) is 4.41. The van der Waals surface area contributed by atoms with Crippen LogP contribution in [0.25, 0.3) is 0 Å². The molecule has 0 saturated heterocycles. The highest BCUT2D eigenvalue weighted by atomic mass is 16.5. The SMILES string of the molecule is C[C@H](OC(=O)c1cccc(C#N)c1)C(=O)N(C)CCC#N. The highest BCUT2D eigenvalue weighted by molar-refractivity contribution is 5.92. The third kappa shape index (κ3) is 4.63. The van der Waals surface area contributed by atoms with Crippen LogP contribution in [0.5, 0.6) is 0 Å². The third-order valence-electron chi connectivity index (χ3n) is 2.79. The van der Waals surface area contributed by atoms with Gasteiger partial charge in [-0.25, -0.2) is 4.79 Å². The van der Waals surface area contributed by atoms with Crippen molar-refractivity contribution in [3.8, 4) is 12.1 Å². The minimum absolute atomic E-state index is 0.215. The van der Waals surface area contributed by atoms with E-state index in [-0.39, 0.29) is 24.4 Å². The third-order valence-corrected chi connectivity index (χ3v) is 2.79. The molecule has 0 fully saturated rings. The highest BCUT2D eigenvalue weighted by Gasteiger charge is 2.22. The van der Waals surface area contributed by atoms with E-state index in [9.17, 15) is 9.59 Å². The Morgan fingerprint density at radius 1 is 1.38 bits per heavy atom. The van der Waals surface area contributed by atoms with Crippen LogP contribution in [0.2, 0.25) is 0 Å². The van der Waals surface area contributed by atoms with E-state index < -0.39 is 12.1 Å². The Balaban J connectivity index is 2.67. The van der Waals surface area contributed by atoms with Gasteiger partial charge >= 0.3 is 5.97 Å². The van der Waals surface area contributed by atoms with Crippen LogP contribution in [-0.4, -0.2) is 36.5 Å². The molecule has 1 amide bonds. The smallest absolute Gasteiger partial charge is 0.338 e. The van der Waals surface area contributed by atoms with Crippen LogP contribution >= 0.6 is 0 Å². The maximum Gasteiger partial charge on any atom is 0.338 e. The number of nitrogens with zero attached hydrogens (tertiary/aromatic N) is 3. The Kier molecular flexibility index (Phi) is 5.91. The molecule has 0 aromatic heterocycles. The molecule has 0 bridgehead atoms. The summed E-state index contributed by atoms with van der Waals surface area (Å²) in [5.41, 5.74) is 0.558. The van der Waals surface area contributed by atoms with Gasteiger partial charge in [0, 0.05) is 13.6 Å². The lowest BCUT2D eigenvalue weighted by molar-refractivity contribution is -0.138. The molecule has 0 heterocycles. The van der Waals surface area contributed by atoms with Crippen LogP contribution in [0.1, 0.15) is 29.3 Å². The zero-order chi connectivity index (χ0) is 15.8. The fraction of sp³-hybridized carbons (Fsp3) is 0.333. The first-order chi connectivity index (χ1) is 9.99. The molecule has 0 aliphatic rings. The first kappa shape index (κ1) is 16.2. The summed E-state index contributed by atoms with van der Waals surface area (Å²) >= 11 is 0. The summed E-state index contributed by atoms with van der Waals surface area (Å²) in [6.45, 7) is 1.75. The van der Waals surface area contributed by atoms with Crippen LogP contribution in [0, 0.1) is 22.7 Å². The van der Waals surface area contributed by atoms with Gasteiger partial charge in [0.05, 0.1) is 29.7 Å². The normalized spacial score (nSPS) is 10.9. The topological polar surface area (TPSA) is 94.2 Å². The molecule has 21 heavy (non-hydrogen) atoms. The van der Waals surface area contributed by atoms with Gasteiger partial charge in [0.25, 0.3) is 5.91 Å². The van der Waals surface area contributed by atoms with Gasteiger partial charge in [0.1, 0.15) is 0 Å². The molecule has 0 N–H and O–H groups in total. The number of rotatable bonds is 5. The van der Waals surface area contributed by atoms with Gasteiger partial charge in [-0.05, 0) is 25.1 Å². The summed E-state index contributed by atoms with van der Waals surface area (Å²) in [5, 5.41) is 17.3. The Labute approximate surface area is 123 Å². The molecule has 0 aliphatic carbocycles. The first-order valence-electron chi connectivity index (χ1n) is 6.32. The van der Waals surface area contributed by atoms with Crippen LogP contribution in [0.3, 0.4) is 0 Å². The monoisotopic (exact) mass is 285 g/mol. The number of esters is 1. The molecule has 1 atom stereocenters. The second kappa shape index (κ2) is 7.66. The zero-order valence-corrected chi connectivity index (χ0v) is 11.9. The van der Waals surface area contributed by atoms with E-state index in [2.05, 4.69) is 0 Å². The van der Waals surface area contributed by atoms with E-state index in [4.69, 9.17) is 15.3 Å². The lowest BCUT2D eigenvalue weighted by Crippen LogP contribution is -2.37. The summed E-state index contributed by atoms with van der Waals surface area (Å²) < 4.78 is 5.08. The quantitative estimate of drug-likeness (QED) is 0.764. The van der Waals surface area contributed by atoms with E-state index in [0.29, 0.717) is 5.56 Å². The molecule has 1 aromatic rings. The van der Waals surface area contributed by atoms with Crippen molar-refractivity contribution in [2.24, 2.45) is 0 Å². The summed E-state index contributed by atoms with van der Waals surface area (Å²) in [6.07, 6.45) is -0.737. The van der Waals surface area contributed by atoms with Gasteiger partial charge in [-0.3, -0.25) is 4.79 Å². The van der Waals surface area contributed by atoms with E-state index in [1.54, 1.807) is 19.2 Å². The lowest BCUT2D eigenvalue weighted by Gasteiger charge is -2.20. The number of hydrogen-bond donors (Lipinski definition) is 0. The van der Waals surface area contributed by atoms with Gasteiger partial charge in [-0.15, -0.1) is 0 Å². The van der Waals surface area contributed by atoms with Gasteiger partial charge < -0.3 is 9.64 Å². The van der Waals surface area contributed by atoms with Crippen molar-refractivity contribution in [1.82, 2.24) is 4.90 Å². The van der Waals surface area contributed by atoms with Crippen LogP contribution < -0.4 is 0 Å². The maximum absolute atomic E-state index is 11.9. The van der Waals surface area contributed by atoms with Crippen LogP contribution in [0.4, 0.5) is 0 Å². The second-order valence-corrected chi connectivity index (χ2v) is 4.41. The number of carbonyl (C=O) groups excluding carboxylic acids is 2. The number of hydrogen-bond acceptors (Lipinski definition) is 5. The van der Waals surface area contributed by atoms with Gasteiger partial charge in [0.15, 0.2) is 6.10 Å². The average molecular weight is 285 g/mol. The molecule has 1 rings (SSSR count). The van der Waals surface area contributed by atoms with Crippen molar-refractivity contribution in [3.63, 3.8) is 0 Å². The summed E-state index contributed by atoms with van der Waals surface area (Å²) in [6, 6.07) is 9.92. The Morgan fingerprint density at radius 3 is 2.71 bits per heavy atom. The number of carbonyl (C=O) groups is 2. The largest absolute Gasteiger partial charge is 0.449 e. The summed E-state index contributed by atoms with van der Waals surface area (Å²) in [4.78, 5) is 25.2. The minimum atomic E-state index is -0.952. The summed E-state index contributed by atoms with van der Waals surface area (Å²) in [7, 11) is 1.54. The first-order valence-corrected chi connectivity index (χ1v) is 6.32. The van der Waals surface area contributed by atoms with Crippen LogP contribution in [-0.2, 0) is 9.53 Å². The maximum atomic E-state index is 11.9. The molecule has 0 radical (unpaired) electrons. The molecular weight excluding hydrogens is 270 g/mol. The van der Waals surface area contributed by atoms with E-state index in [0.717, 1.165) is 0 Å². The highest BCUT2D eigenvalue weighted by Crippen LogP contribution is 2.08. The Hall–Kier alpha value is -2.86. The standard InChI is InChI=1S/C15H15N3O3/c1-11(14(19)18(2)8-4-7-16)21-15(20)13-6-3-5-12(9-13)10-17/h3,5-6,9,11H,4,8H2,1-2H3/t11-/m0/s1. The van der Waals surface area contributed by atoms with Crippen molar-refractivity contribution < 1.29 is 14.3 Å². The van der Waals surface area contributed by atoms with Crippen molar-refractivity contribution in [2.45, 2.75) is 19.4 Å². The predicted octanol–water partition coefficient (Wildman–Crippen LogP) is 1.48. The molecule has 0 saturated carbocycles. The fourth-order valence-corrected chi connectivity index (χ4v) is 1.63. The van der Waals surface area contributed by atoms with E-state index in [1.165, 1.54) is 24.0 Å². The fourth-order valence-electron chi connectivity index (χ4n) is 1.63. The zero-order valence-electron chi connectivity index (χ0n) is 11.9. The van der Waals surface area contributed by atoms with E-state index in [1.807, 2.05) is 12.1 Å². The van der Waals surface area contributed by atoms with Gasteiger partial charge in [0.2, 0.25) is 0 Å². The number of likely N-dealkylation sites (N-methyl/N-ethyl adjacent to an activating group) is 1. The molecule has 0 aliphatic heterocycles. The van der Waals surface area contributed by atoms with Gasteiger partial charge in [-0.2, -0.15) is 10.5 Å².